The molecule has 0 aromatic carbocycles. The van der Waals surface area contributed by atoms with E-state index in [0.717, 1.165) is 13.1 Å². The van der Waals surface area contributed by atoms with E-state index in [0.29, 0.717) is 6.54 Å². The summed E-state index contributed by atoms with van der Waals surface area (Å²) >= 11 is 0. The van der Waals surface area contributed by atoms with Gasteiger partial charge in [-0.05, 0) is 33.7 Å². The van der Waals surface area contributed by atoms with E-state index in [1.807, 2.05) is 32.9 Å². The van der Waals surface area contributed by atoms with E-state index in [1.165, 1.54) is 51.4 Å². The van der Waals surface area contributed by atoms with E-state index in [2.05, 4.69) is 17.6 Å². The molecule has 4 nitrogen and oxygen atoms in total. The first-order valence-corrected chi connectivity index (χ1v) is 9.28. The van der Waals surface area contributed by atoms with Crippen LogP contribution in [0.15, 0.2) is 12.2 Å². The third-order valence-electron chi connectivity index (χ3n) is 3.40. The summed E-state index contributed by atoms with van der Waals surface area (Å²) in [6, 6.07) is 0. The number of carbonyl (C=O) groups excluding carboxylic acids is 1. The SMILES string of the molecule is CCCCCCCCCCNC/C=C/CNC(=O)OC(C)(C)C. The van der Waals surface area contributed by atoms with Crippen LogP contribution in [0.4, 0.5) is 4.79 Å². The van der Waals surface area contributed by atoms with E-state index >= 15 is 0 Å². The molecule has 0 aliphatic heterocycles. The van der Waals surface area contributed by atoms with E-state index in [1.54, 1.807) is 0 Å². The van der Waals surface area contributed by atoms with Crippen LogP contribution in [0.3, 0.4) is 0 Å². The van der Waals surface area contributed by atoms with Gasteiger partial charge in [0, 0.05) is 13.1 Å². The summed E-state index contributed by atoms with van der Waals surface area (Å²) in [5.74, 6) is 0. The highest BCUT2D eigenvalue weighted by Crippen LogP contribution is 2.08. The van der Waals surface area contributed by atoms with E-state index in [4.69, 9.17) is 4.74 Å². The van der Waals surface area contributed by atoms with Crippen LogP contribution < -0.4 is 10.6 Å². The highest BCUT2D eigenvalue weighted by molar-refractivity contribution is 5.67. The topological polar surface area (TPSA) is 50.4 Å². The Bertz CT molecular complexity index is 309. The Morgan fingerprint density at radius 1 is 0.913 bits per heavy atom. The normalized spacial score (nSPS) is 11.8. The van der Waals surface area contributed by atoms with Gasteiger partial charge in [0.15, 0.2) is 0 Å². The number of ether oxygens (including phenoxy) is 1. The second kappa shape index (κ2) is 14.6. The van der Waals surface area contributed by atoms with Crippen LogP contribution in [0.1, 0.15) is 79.1 Å². The lowest BCUT2D eigenvalue weighted by atomic mass is 10.1. The average Bonchev–Trinajstić information content (AvgIpc) is 2.46. The van der Waals surface area contributed by atoms with Gasteiger partial charge in [0.2, 0.25) is 0 Å². The second-order valence-electron chi connectivity index (χ2n) is 7.03. The van der Waals surface area contributed by atoms with E-state index < -0.39 is 5.60 Å². The molecule has 0 aromatic heterocycles. The largest absolute Gasteiger partial charge is 0.444 e. The van der Waals surface area contributed by atoms with Crippen LogP contribution in [0.5, 0.6) is 0 Å². The molecule has 0 rings (SSSR count). The smallest absolute Gasteiger partial charge is 0.407 e. The van der Waals surface area contributed by atoms with Gasteiger partial charge in [0.05, 0.1) is 0 Å². The Morgan fingerprint density at radius 3 is 2.09 bits per heavy atom. The maximum Gasteiger partial charge on any atom is 0.407 e. The lowest BCUT2D eigenvalue weighted by Crippen LogP contribution is -2.32. The molecule has 0 saturated carbocycles. The van der Waals surface area contributed by atoms with Crippen molar-refractivity contribution in [2.45, 2.75) is 84.7 Å². The van der Waals surface area contributed by atoms with Crippen molar-refractivity contribution in [1.29, 1.82) is 0 Å². The summed E-state index contributed by atoms with van der Waals surface area (Å²) in [4.78, 5) is 11.4. The molecule has 0 aromatic rings. The van der Waals surface area contributed by atoms with Crippen molar-refractivity contribution in [3.05, 3.63) is 12.2 Å². The number of hydrogen-bond donors (Lipinski definition) is 2. The van der Waals surface area contributed by atoms with Crippen LogP contribution in [-0.4, -0.2) is 31.3 Å². The lowest BCUT2D eigenvalue weighted by molar-refractivity contribution is 0.0534. The summed E-state index contributed by atoms with van der Waals surface area (Å²) in [5, 5.41) is 6.10. The minimum atomic E-state index is -0.439. The van der Waals surface area contributed by atoms with Crippen LogP contribution in [0, 0.1) is 0 Å². The van der Waals surface area contributed by atoms with Gasteiger partial charge in [-0.25, -0.2) is 4.79 Å². The first-order chi connectivity index (χ1) is 11.0. The fraction of sp³-hybridized carbons (Fsp3) is 0.842. The van der Waals surface area contributed by atoms with Crippen molar-refractivity contribution in [2.75, 3.05) is 19.6 Å². The predicted octanol–water partition coefficient (Wildman–Crippen LogP) is 4.80. The van der Waals surface area contributed by atoms with Crippen LogP contribution >= 0.6 is 0 Å². The molecule has 0 radical (unpaired) electrons. The van der Waals surface area contributed by atoms with Crippen molar-refractivity contribution < 1.29 is 9.53 Å². The number of nitrogens with one attached hydrogen (secondary N) is 2. The number of hydrogen-bond acceptors (Lipinski definition) is 3. The minimum absolute atomic E-state index is 0.367. The van der Waals surface area contributed by atoms with Crippen molar-refractivity contribution in [1.82, 2.24) is 10.6 Å². The number of amides is 1. The zero-order valence-electron chi connectivity index (χ0n) is 15.7. The van der Waals surface area contributed by atoms with Crippen LogP contribution in [0.25, 0.3) is 0 Å². The Hall–Kier alpha value is -1.03. The Kier molecular flexibility index (Phi) is 13.9. The maximum atomic E-state index is 11.4. The zero-order valence-corrected chi connectivity index (χ0v) is 15.7. The van der Waals surface area contributed by atoms with Gasteiger partial charge >= 0.3 is 6.09 Å². The standard InChI is InChI=1S/C19H38N2O2/c1-5-6-7-8-9-10-11-12-15-20-16-13-14-17-21-18(22)23-19(2,3)4/h13-14,20H,5-12,15-17H2,1-4H3,(H,21,22)/b14-13+. The number of rotatable bonds is 13. The van der Waals surface area contributed by atoms with Gasteiger partial charge in [0.1, 0.15) is 5.60 Å². The first kappa shape index (κ1) is 22.0. The molecule has 4 heteroatoms. The van der Waals surface area contributed by atoms with Crippen molar-refractivity contribution in [3.63, 3.8) is 0 Å². The van der Waals surface area contributed by atoms with Gasteiger partial charge in [-0.1, -0.05) is 64.0 Å². The van der Waals surface area contributed by atoms with Crippen molar-refractivity contribution in [2.24, 2.45) is 0 Å². The van der Waals surface area contributed by atoms with Crippen LogP contribution in [-0.2, 0) is 4.74 Å². The van der Waals surface area contributed by atoms with Gasteiger partial charge in [-0.15, -0.1) is 0 Å². The van der Waals surface area contributed by atoms with Gasteiger partial charge in [0.25, 0.3) is 0 Å². The highest BCUT2D eigenvalue weighted by Gasteiger charge is 2.14. The molecule has 1 amide bonds. The van der Waals surface area contributed by atoms with Gasteiger partial charge in [-0.3, -0.25) is 0 Å². The molecule has 0 heterocycles. The van der Waals surface area contributed by atoms with Crippen molar-refractivity contribution >= 4 is 6.09 Å². The molecule has 136 valence electrons. The maximum absolute atomic E-state index is 11.4. The second-order valence-corrected chi connectivity index (χ2v) is 7.03. The lowest BCUT2D eigenvalue weighted by Gasteiger charge is -2.19. The molecule has 0 bridgehead atoms. The summed E-state index contributed by atoms with van der Waals surface area (Å²) in [7, 11) is 0. The minimum Gasteiger partial charge on any atom is -0.444 e. The first-order valence-electron chi connectivity index (χ1n) is 9.28. The molecule has 0 fully saturated rings. The molecule has 0 saturated heterocycles. The summed E-state index contributed by atoms with van der Waals surface area (Å²) in [6.45, 7) is 10.3. The zero-order chi connectivity index (χ0) is 17.4. The summed E-state index contributed by atoms with van der Waals surface area (Å²) < 4.78 is 5.15. The van der Waals surface area contributed by atoms with E-state index in [-0.39, 0.29) is 6.09 Å². The fourth-order valence-corrected chi connectivity index (χ4v) is 2.19. The molecular weight excluding hydrogens is 288 g/mol. The summed E-state index contributed by atoms with van der Waals surface area (Å²) in [6.07, 6.45) is 14.5. The molecule has 23 heavy (non-hydrogen) atoms. The van der Waals surface area contributed by atoms with E-state index in [9.17, 15) is 4.79 Å². The molecule has 0 atom stereocenters. The Morgan fingerprint density at radius 2 is 1.48 bits per heavy atom. The molecule has 2 N–H and O–H groups in total. The average molecular weight is 327 g/mol. The highest BCUT2D eigenvalue weighted by atomic mass is 16.6. The van der Waals surface area contributed by atoms with Crippen LogP contribution in [0.2, 0.25) is 0 Å². The third-order valence-corrected chi connectivity index (χ3v) is 3.40. The molecule has 0 spiro atoms. The van der Waals surface area contributed by atoms with Gasteiger partial charge in [-0.2, -0.15) is 0 Å². The monoisotopic (exact) mass is 326 g/mol. The number of carbonyl (C=O) groups is 1. The fourth-order valence-electron chi connectivity index (χ4n) is 2.19. The number of alkyl carbamates (subject to hydrolysis) is 1. The summed E-state index contributed by atoms with van der Waals surface area (Å²) in [5.41, 5.74) is -0.439. The number of unbranched alkanes of at least 4 members (excludes halogenated alkanes) is 7. The third kappa shape index (κ3) is 18.9. The Labute approximate surface area is 143 Å². The molecule has 0 aliphatic rings. The predicted molar refractivity (Wildman–Crippen MR) is 98.9 cm³/mol. The van der Waals surface area contributed by atoms with Crippen molar-refractivity contribution in [3.8, 4) is 0 Å². The van der Waals surface area contributed by atoms with Gasteiger partial charge < -0.3 is 15.4 Å². The Balaban J connectivity index is 3.27. The molecule has 0 aliphatic carbocycles. The quantitative estimate of drug-likeness (QED) is 0.378. The molecule has 0 unspecified atom stereocenters. The molecular formula is C19H38N2O2.